The van der Waals surface area contributed by atoms with Crippen molar-refractivity contribution in [2.45, 2.75) is 38.1 Å². The third-order valence-corrected chi connectivity index (χ3v) is 4.63. The zero-order valence-electron chi connectivity index (χ0n) is 11.4. The molecule has 0 aromatic heterocycles. The molecular formula is C13H20FNO3S. The van der Waals surface area contributed by atoms with Gasteiger partial charge in [0.2, 0.25) is 10.0 Å². The van der Waals surface area contributed by atoms with Gasteiger partial charge in [-0.25, -0.2) is 17.5 Å². The van der Waals surface area contributed by atoms with E-state index in [1.165, 1.54) is 12.1 Å². The second kappa shape index (κ2) is 6.45. The Morgan fingerprint density at radius 3 is 2.47 bits per heavy atom. The van der Waals surface area contributed by atoms with E-state index in [1.807, 2.05) is 13.8 Å². The number of rotatable bonds is 6. The molecule has 0 radical (unpaired) electrons. The van der Waals surface area contributed by atoms with E-state index in [2.05, 4.69) is 4.72 Å². The van der Waals surface area contributed by atoms with Gasteiger partial charge in [0.05, 0.1) is 4.90 Å². The zero-order chi connectivity index (χ0) is 14.6. The van der Waals surface area contributed by atoms with E-state index in [9.17, 15) is 12.8 Å². The molecule has 108 valence electrons. The van der Waals surface area contributed by atoms with E-state index >= 15 is 0 Å². The number of aliphatic hydroxyl groups is 1. The molecule has 0 aliphatic rings. The molecule has 4 nitrogen and oxygen atoms in total. The molecule has 0 saturated carbocycles. The van der Waals surface area contributed by atoms with Gasteiger partial charge in [0.15, 0.2) is 0 Å². The third kappa shape index (κ3) is 4.26. The summed E-state index contributed by atoms with van der Waals surface area (Å²) in [6.45, 7) is 5.21. The summed E-state index contributed by atoms with van der Waals surface area (Å²) in [7, 11) is -3.70. The molecule has 1 atom stereocenters. The maximum atomic E-state index is 13.0. The number of halogens is 1. The van der Waals surface area contributed by atoms with Crippen LogP contribution in [0.5, 0.6) is 0 Å². The van der Waals surface area contributed by atoms with Crippen LogP contribution in [0.1, 0.15) is 25.8 Å². The van der Waals surface area contributed by atoms with Crippen molar-refractivity contribution in [3.63, 3.8) is 0 Å². The number of sulfonamides is 1. The van der Waals surface area contributed by atoms with Crippen LogP contribution in [0.15, 0.2) is 23.1 Å². The van der Waals surface area contributed by atoms with E-state index in [-0.39, 0.29) is 23.5 Å². The van der Waals surface area contributed by atoms with Gasteiger partial charge >= 0.3 is 0 Å². The summed E-state index contributed by atoms with van der Waals surface area (Å²) in [4.78, 5) is 0.0671. The number of hydrogen-bond donors (Lipinski definition) is 2. The minimum Gasteiger partial charge on any atom is -0.396 e. The van der Waals surface area contributed by atoms with E-state index < -0.39 is 15.8 Å². The lowest BCUT2D eigenvalue weighted by atomic mass is 10.0. The molecule has 0 saturated heterocycles. The minimum absolute atomic E-state index is 0.0580. The molecule has 0 heterocycles. The summed E-state index contributed by atoms with van der Waals surface area (Å²) in [5, 5.41) is 8.96. The predicted molar refractivity (Wildman–Crippen MR) is 71.8 cm³/mol. The number of aliphatic hydroxyl groups excluding tert-OH is 1. The fourth-order valence-electron chi connectivity index (χ4n) is 1.84. The van der Waals surface area contributed by atoms with Gasteiger partial charge in [-0.3, -0.25) is 0 Å². The quantitative estimate of drug-likeness (QED) is 0.839. The molecule has 1 aromatic carbocycles. The van der Waals surface area contributed by atoms with E-state index in [1.54, 1.807) is 6.92 Å². The molecule has 1 rings (SSSR count). The van der Waals surface area contributed by atoms with Crippen molar-refractivity contribution in [1.82, 2.24) is 4.72 Å². The van der Waals surface area contributed by atoms with E-state index in [4.69, 9.17) is 5.11 Å². The Kier molecular flexibility index (Phi) is 5.46. The van der Waals surface area contributed by atoms with Crippen molar-refractivity contribution >= 4 is 10.0 Å². The van der Waals surface area contributed by atoms with Crippen LogP contribution in [0.3, 0.4) is 0 Å². The van der Waals surface area contributed by atoms with Crippen LogP contribution >= 0.6 is 0 Å². The SMILES string of the molecule is Cc1cc(F)ccc1S(=O)(=O)NC(CCO)C(C)C. The first kappa shape index (κ1) is 16.1. The maximum absolute atomic E-state index is 13.0. The van der Waals surface area contributed by atoms with Gasteiger partial charge in [-0.2, -0.15) is 0 Å². The van der Waals surface area contributed by atoms with E-state index in [0.717, 1.165) is 6.07 Å². The Morgan fingerprint density at radius 1 is 1.37 bits per heavy atom. The average Bonchev–Trinajstić information content (AvgIpc) is 2.27. The van der Waals surface area contributed by atoms with Crippen LogP contribution < -0.4 is 4.72 Å². The Bertz CT molecular complexity index is 529. The molecule has 1 unspecified atom stereocenters. The highest BCUT2D eigenvalue weighted by molar-refractivity contribution is 7.89. The fraction of sp³-hybridized carbons (Fsp3) is 0.538. The summed E-state index contributed by atoms with van der Waals surface area (Å²) in [5.41, 5.74) is 0.360. The second-order valence-electron chi connectivity index (χ2n) is 4.89. The van der Waals surface area contributed by atoms with Gasteiger partial charge in [-0.05, 0) is 43.0 Å². The molecule has 2 N–H and O–H groups in total. The van der Waals surface area contributed by atoms with Crippen LogP contribution in [-0.4, -0.2) is 26.2 Å². The standard InChI is InChI=1S/C13H20FNO3S/c1-9(2)12(6-7-16)15-19(17,18)13-5-4-11(14)8-10(13)3/h4-5,8-9,12,15-16H,6-7H2,1-3H3. The third-order valence-electron chi connectivity index (χ3n) is 2.98. The normalized spacial score (nSPS) is 13.8. The molecule has 0 fully saturated rings. The summed E-state index contributed by atoms with van der Waals surface area (Å²) >= 11 is 0. The first-order chi connectivity index (χ1) is 8.77. The lowest BCUT2D eigenvalue weighted by molar-refractivity contribution is 0.256. The largest absolute Gasteiger partial charge is 0.396 e. The molecule has 0 aliphatic carbocycles. The van der Waals surface area contributed by atoms with Crippen LogP contribution in [-0.2, 0) is 10.0 Å². The fourth-order valence-corrected chi connectivity index (χ4v) is 3.49. The summed E-state index contributed by atoms with van der Waals surface area (Å²) in [5.74, 6) is -0.408. The minimum atomic E-state index is -3.70. The molecule has 1 aromatic rings. The summed E-state index contributed by atoms with van der Waals surface area (Å²) in [6.07, 6.45) is 0.344. The topological polar surface area (TPSA) is 66.4 Å². The van der Waals surface area contributed by atoms with Gasteiger partial charge in [-0.15, -0.1) is 0 Å². The van der Waals surface area contributed by atoms with Gasteiger partial charge < -0.3 is 5.11 Å². The van der Waals surface area contributed by atoms with Crippen LogP contribution in [0.25, 0.3) is 0 Å². The van der Waals surface area contributed by atoms with Crippen molar-refractivity contribution in [3.8, 4) is 0 Å². The molecule has 0 bridgehead atoms. The Labute approximate surface area is 113 Å². The van der Waals surface area contributed by atoms with Gasteiger partial charge in [-0.1, -0.05) is 13.8 Å². The van der Waals surface area contributed by atoms with Crippen LogP contribution in [0.2, 0.25) is 0 Å². The highest BCUT2D eigenvalue weighted by Gasteiger charge is 2.23. The van der Waals surface area contributed by atoms with Gasteiger partial charge in [0, 0.05) is 12.6 Å². The number of nitrogens with one attached hydrogen (secondary N) is 1. The number of hydrogen-bond acceptors (Lipinski definition) is 3. The van der Waals surface area contributed by atoms with Crippen molar-refractivity contribution in [2.75, 3.05) is 6.61 Å². The lowest BCUT2D eigenvalue weighted by Crippen LogP contribution is -2.39. The molecule has 0 aliphatic heterocycles. The molecule has 19 heavy (non-hydrogen) atoms. The molecular weight excluding hydrogens is 269 g/mol. The van der Waals surface area contributed by atoms with Crippen molar-refractivity contribution in [1.29, 1.82) is 0 Å². The van der Waals surface area contributed by atoms with Gasteiger partial charge in [0.25, 0.3) is 0 Å². The van der Waals surface area contributed by atoms with Crippen LogP contribution in [0.4, 0.5) is 4.39 Å². The second-order valence-corrected chi connectivity index (χ2v) is 6.58. The molecule has 6 heteroatoms. The maximum Gasteiger partial charge on any atom is 0.241 e. The highest BCUT2D eigenvalue weighted by atomic mass is 32.2. The number of benzene rings is 1. The zero-order valence-corrected chi connectivity index (χ0v) is 12.2. The smallest absolute Gasteiger partial charge is 0.241 e. The Balaban J connectivity index is 3.03. The summed E-state index contributed by atoms with van der Waals surface area (Å²) < 4.78 is 40.0. The van der Waals surface area contributed by atoms with Crippen molar-refractivity contribution < 1.29 is 17.9 Å². The van der Waals surface area contributed by atoms with Crippen molar-refractivity contribution in [3.05, 3.63) is 29.6 Å². The highest BCUT2D eigenvalue weighted by Crippen LogP contribution is 2.18. The first-order valence-electron chi connectivity index (χ1n) is 6.17. The Morgan fingerprint density at radius 2 is 2.00 bits per heavy atom. The molecule has 0 spiro atoms. The van der Waals surface area contributed by atoms with E-state index in [0.29, 0.717) is 12.0 Å². The number of aryl methyl sites for hydroxylation is 1. The monoisotopic (exact) mass is 289 g/mol. The predicted octanol–water partition coefficient (Wildman–Crippen LogP) is 1.82. The first-order valence-corrected chi connectivity index (χ1v) is 7.65. The van der Waals surface area contributed by atoms with Crippen LogP contribution in [0, 0.1) is 18.7 Å². The average molecular weight is 289 g/mol. The molecule has 0 amide bonds. The summed E-state index contributed by atoms with van der Waals surface area (Å²) in [6, 6.07) is 3.21. The lowest BCUT2D eigenvalue weighted by Gasteiger charge is -2.22. The van der Waals surface area contributed by atoms with Gasteiger partial charge in [0.1, 0.15) is 5.82 Å². The Hall–Kier alpha value is -0.980. The van der Waals surface area contributed by atoms with Crippen molar-refractivity contribution in [2.24, 2.45) is 5.92 Å².